The van der Waals surface area contributed by atoms with Crippen molar-refractivity contribution < 1.29 is 4.42 Å². The topological polar surface area (TPSA) is 38.1 Å². The van der Waals surface area contributed by atoms with Gasteiger partial charge in [-0.1, -0.05) is 13.3 Å². The summed E-state index contributed by atoms with van der Waals surface area (Å²) in [6, 6.07) is 2.31. The second-order valence-corrected chi connectivity index (χ2v) is 6.55. The van der Waals surface area contributed by atoms with E-state index in [1.54, 1.807) is 4.88 Å². The highest BCUT2D eigenvalue weighted by Gasteiger charge is 2.15. The molecule has 3 rings (SSSR count). The number of thiophene rings is 1. The number of oxazole rings is 1. The zero-order valence-corrected chi connectivity index (χ0v) is 12.9. The van der Waals surface area contributed by atoms with Crippen molar-refractivity contribution in [3.05, 3.63) is 28.6 Å². The van der Waals surface area contributed by atoms with Gasteiger partial charge in [0.15, 0.2) is 5.76 Å². The van der Waals surface area contributed by atoms with E-state index in [1.807, 2.05) is 17.5 Å². The third-order valence-electron chi connectivity index (χ3n) is 3.75. The maximum absolute atomic E-state index is 5.86. The minimum absolute atomic E-state index is 0.721. The van der Waals surface area contributed by atoms with Crippen molar-refractivity contribution in [2.45, 2.75) is 52.0 Å². The van der Waals surface area contributed by atoms with E-state index in [2.05, 4.69) is 23.3 Å². The molecule has 3 nitrogen and oxygen atoms in total. The zero-order chi connectivity index (χ0) is 13.8. The van der Waals surface area contributed by atoms with Gasteiger partial charge in [0.25, 0.3) is 0 Å². The van der Waals surface area contributed by atoms with Crippen LogP contribution in [0.4, 0.5) is 0 Å². The first-order chi connectivity index (χ1) is 9.86. The minimum atomic E-state index is 0.721. The monoisotopic (exact) mass is 290 g/mol. The third-order valence-corrected chi connectivity index (χ3v) is 5.00. The molecule has 0 spiro atoms. The molecular weight excluding hydrogens is 268 g/mol. The first-order valence-corrected chi connectivity index (χ1v) is 8.46. The molecule has 2 aromatic rings. The van der Waals surface area contributed by atoms with E-state index in [-0.39, 0.29) is 0 Å². The van der Waals surface area contributed by atoms with Crippen LogP contribution in [0.3, 0.4) is 0 Å². The molecule has 1 N–H and O–H groups in total. The Morgan fingerprint density at radius 2 is 2.20 bits per heavy atom. The number of nitrogens with zero attached hydrogens (tertiary/aromatic N) is 1. The average molecular weight is 290 g/mol. The van der Waals surface area contributed by atoms with Gasteiger partial charge in [-0.25, -0.2) is 4.98 Å². The SMILES string of the molecule is CCCNCc1ncc(-c2cc3c(s2)CCCCC3)o1. The number of aryl methyl sites for hydroxylation is 2. The van der Waals surface area contributed by atoms with Gasteiger partial charge in [-0.2, -0.15) is 0 Å². The van der Waals surface area contributed by atoms with E-state index in [9.17, 15) is 0 Å². The van der Waals surface area contributed by atoms with Crippen molar-refractivity contribution in [2.75, 3.05) is 6.54 Å². The molecule has 2 heterocycles. The first kappa shape index (κ1) is 13.8. The van der Waals surface area contributed by atoms with Gasteiger partial charge in [0.1, 0.15) is 0 Å². The summed E-state index contributed by atoms with van der Waals surface area (Å²) in [5.41, 5.74) is 1.53. The van der Waals surface area contributed by atoms with Gasteiger partial charge in [0.2, 0.25) is 5.89 Å². The molecule has 108 valence electrons. The van der Waals surface area contributed by atoms with Crippen molar-refractivity contribution >= 4 is 11.3 Å². The normalized spacial score (nSPS) is 15.1. The lowest BCUT2D eigenvalue weighted by molar-refractivity contribution is 0.478. The van der Waals surface area contributed by atoms with Crippen LogP contribution in [0, 0.1) is 0 Å². The zero-order valence-electron chi connectivity index (χ0n) is 12.1. The quantitative estimate of drug-likeness (QED) is 0.663. The molecule has 20 heavy (non-hydrogen) atoms. The van der Waals surface area contributed by atoms with Gasteiger partial charge >= 0.3 is 0 Å². The highest BCUT2D eigenvalue weighted by Crippen LogP contribution is 2.35. The van der Waals surface area contributed by atoms with E-state index in [1.165, 1.54) is 42.5 Å². The standard InChI is InChI=1S/C16H22N2OS/c1-2-8-17-11-16-18-10-13(19-16)15-9-12-6-4-3-5-7-14(12)20-15/h9-10,17H,2-8,11H2,1H3. The van der Waals surface area contributed by atoms with Crippen LogP contribution in [0.15, 0.2) is 16.7 Å². The van der Waals surface area contributed by atoms with E-state index >= 15 is 0 Å². The molecule has 0 aliphatic heterocycles. The van der Waals surface area contributed by atoms with Crippen LogP contribution in [0.2, 0.25) is 0 Å². The van der Waals surface area contributed by atoms with Crippen LogP contribution < -0.4 is 5.32 Å². The summed E-state index contributed by atoms with van der Waals surface area (Å²) in [5.74, 6) is 1.72. The molecule has 0 radical (unpaired) electrons. The fraction of sp³-hybridized carbons (Fsp3) is 0.562. The number of fused-ring (bicyclic) bond motifs is 1. The molecule has 0 aromatic carbocycles. The Hall–Kier alpha value is -1.13. The molecule has 0 saturated carbocycles. The van der Waals surface area contributed by atoms with Gasteiger partial charge in [-0.05, 0) is 50.3 Å². The Kier molecular flexibility index (Phi) is 4.53. The maximum Gasteiger partial charge on any atom is 0.208 e. The first-order valence-electron chi connectivity index (χ1n) is 7.64. The lowest BCUT2D eigenvalue weighted by atomic mass is 10.1. The summed E-state index contributed by atoms with van der Waals surface area (Å²) >= 11 is 1.89. The number of aromatic nitrogens is 1. The van der Waals surface area contributed by atoms with Crippen molar-refractivity contribution in [1.29, 1.82) is 0 Å². The summed E-state index contributed by atoms with van der Waals surface area (Å²) in [6.07, 6.45) is 9.48. The summed E-state index contributed by atoms with van der Waals surface area (Å²) in [7, 11) is 0. The molecule has 0 amide bonds. The van der Waals surface area contributed by atoms with Crippen molar-refractivity contribution in [2.24, 2.45) is 0 Å². The summed E-state index contributed by atoms with van der Waals surface area (Å²) < 4.78 is 5.86. The van der Waals surface area contributed by atoms with E-state index in [4.69, 9.17) is 4.42 Å². The Balaban J connectivity index is 1.73. The Morgan fingerprint density at radius 3 is 3.10 bits per heavy atom. The van der Waals surface area contributed by atoms with Crippen molar-refractivity contribution in [3.8, 4) is 10.6 Å². The fourth-order valence-electron chi connectivity index (χ4n) is 2.67. The molecule has 0 fully saturated rings. The Morgan fingerprint density at radius 1 is 1.30 bits per heavy atom. The Labute approximate surface area is 124 Å². The molecular formula is C16H22N2OS. The average Bonchev–Trinajstić information content (AvgIpc) is 3.02. The van der Waals surface area contributed by atoms with Crippen LogP contribution >= 0.6 is 11.3 Å². The fourth-order valence-corrected chi connectivity index (χ4v) is 3.87. The lowest BCUT2D eigenvalue weighted by Crippen LogP contribution is -2.13. The summed E-state index contributed by atoms with van der Waals surface area (Å²) in [4.78, 5) is 7.16. The number of rotatable bonds is 5. The number of hydrogen-bond donors (Lipinski definition) is 1. The molecule has 1 aliphatic carbocycles. The smallest absolute Gasteiger partial charge is 0.208 e. The van der Waals surface area contributed by atoms with Gasteiger partial charge in [0, 0.05) is 4.88 Å². The summed E-state index contributed by atoms with van der Waals surface area (Å²) in [6.45, 7) is 3.89. The second-order valence-electron chi connectivity index (χ2n) is 5.41. The molecule has 0 saturated heterocycles. The van der Waals surface area contributed by atoms with E-state index in [0.717, 1.165) is 31.2 Å². The Bertz CT molecular complexity index is 535. The van der Waals surface area contributed by atoms with E-state index < -0.39 is 0 Å². The molecule has 0 atom stereocenters. The predicted molar refractivity (Wildman–Crippen MR) is 83.1 cm³/mol. The minimum Gasteiger partial charge on any atom is -0.438 e. The molecule has 0 bridgehead atoms. The summed E-state index contributed by atoms with van der Waals surface area (Å²) in [5, 5.41) is 3.32. The second kappa shape index (κ2) is 6.55. The third kappa shape index (κ3) is 3.13. The van der Waals surface area contributed by atoms with Crippen LogP contribution in [0.25, 0.3) is 10.6 Å². The molecule has 1 aliphatic rings. The number of hydrogen-bond acceptors (Lipinski definition) is 4. The predicted octanol–water partition coefficient (Wildman–Crippen LogP) is 4.17. The molecule has 4 heteroatoms. The van der Waals surface area contributed by atoms with E-state index in [0.29, 0.717) is 0 Å². The largest absolute Gasteiger partial charge is 0.438 e. The van der Waals surface area contributed by atoms with Gasteiger partial charge in [-0.3, -0.25) is 0 Å². The van der Waals surface area contributed by atoms with Crippen LogP contribution in [0.1, 0.15) is 48.9 Å². The maximum atomic E-state index is 5.86. The van der Waals surface area contributed by atoms with Gasteiger partial charge in [-0.15, -0.1) is 11.3 Å². The highest BCUT2D eigenvalue weighted by atomic mass is 32.1. The molecule has 2 aromatic heterocycles. The number of nitrogens with one attached hydrogen (secondary N) is 1. The van der Waals surface area contributed by atoms with Crippen LogP contribution in [-0.4, -0.2) is 11.5 Å². The lowest BCUT2D eigenvalue weighted by Gasteiger charge is -1.97. The molecule has 0 unspecified atom stereocenters. The van der Waals surface area contributed by atoms with Crippen LogP contribution in [0.5, 0.6) is 0 Å². The van der Waals surface area contributed by atoms with Crippen molar-refractivity contribution in [1.82, 2.24) is 10.3 Å². The van der Waals surface area contributed by atoms with Crippen molar-refractivity contribution in [3.63, 3.8) is 0 Å². The van der Waals surface area contributed by atoms with Gasteiger partial charge in [0.05, 0.1) is 17.6 Å². The van der Waals surface area contributed by atoms with Crippen LogP contribution in [-0.2, 0) is 19.4 Å². The van der Waals surface area contributed by atoms with Gasteiger partial charge < -0.3 is 9.73 Å². The highest BCUT2D eigenvalue weighted by molar-refractivity contribution is 7.15.